The van der Waals surface area contributed by atoms with Gasteiger partial charge in [-0.3, -0.25) is 4.90 Å². The molecule has 0 spiro atoms. The fourth-order valence-corrected chi connectivity index (χ4v) is 2.99. The molecule has 1 aliphatic heterocycles. The molecule has 118 valence electrons. The predicted octanol–water partition coefficient (Wildman–Crippen LogP) is 3.17. The van der Waals surface area contributed by atoms with Crippen molar-refractivity contribution in [3.63, 3.8) is 0 Å². The lowest BCUT2D eigenvalue weighted by molar-refractivity contribution is 0.199. The number of hydrogen-bond acceptors (Lipinski definition) is 4. The molecule has 2 aromatic carbocycles. The lowest BCUT2D eigenvalue weighted by atomic mass is 10.1. The summed E-state index contributed by atoms with van der Waals surface area (Å²) in [6.07, 6.45) is 2.42. The molecule has 3 rings (SSSR count). The Hall–Kier alpha value is -2.60. The van der Waals surface area contributed by atoms with Crippen LogP contribution in [-0.4, -0.2) is 27.8 Å². The van der Waals surface area contributed by atoms with E-state index in [0.29, 0.717) is 5.76 Å². The van der Waals surface area contributed by atoms with Crippen molar-refractivity contribution in [3.05, 3.63) is 59.7 Å². The summed E-state index contributed by atoms with van der Waals surface area (Å²) in [4.78, 5) is 13.6. The molecule has 6 heteroatoms. The van der Waals surface area contributed by atoms with E-state index < -0.39 is 15.9 Å². The first-order valence-corrected chi connectivity index (χ1v) is 8.82. The highest BCUT2D eigenvalue weighted by atomic mass is 32.2. The number of anilines is 1. The maximum Gasteiger partial charge on any atom is 0.419 e. The molecular formula is C17H15NO4S. The molecule has 0 radical (unpaired) electrons. The molecule has 0 unspecified atom stereocenters. The van der Waals surface area contributed by atoms with Crippen molar-refractivity contribution in [1.29, 1.82) is 0 Å². The van der Waals surface area contributed by atoms with Crippen LogP contribution in [0.2, 0.25) is 0 Å². The molecule has 1 heterocycles. The molecule has 0 saturated carbocycles. The number of benzene rings is 2. The van der Waals surface area contributed by atoms with Gasteiger partial charge in [0.2, 0.25) is 0 Å². The first-order valence-electron chi connectivity index (χ1n) is 6.93. The third-order valence-electron chi connectivity index (χ3n) is 3.61. The van der Waals surface area contributed by atoms with E-state index in [2.05, 4.69) is 0 Å². The number of ether oxygens (including phenoxy) is 1. The average molecular weight is 329 g/mol. The first-order chi connectivity index (χ1) is 10.9. The summed E-state index contributed by atoms with van der Waals surface area (Å²) in [6, 6.07) is 13.9. The largest absolute Gasteiger partial charge is 0.419 e. The minimum atomic E-state index is -3.23. The van der Waals surface area contributed by atoms with Crippen LogP contribution in [-0.2, 0) is 14.6 Å². The molecular weight excluding hydrogens is 314 g/mol. The monoisotopic (exact) mass is 329 g/mol. The highest BCUT2D eigenvalue weighted by molar-refractivity contribution is 7.90. The summed E-state index contributed by atoms with van der Waals surface area (Å²) in [5.41, 5.74) is 2.32. The second kappa shape index (κ2) is 5.55. The highest BCUT2D eigenvalue weighted by Crippen LogP contribution is 2.34. The lowest BCUT2D eigenvalue weighted by Gasteiger charge is -2.26. The molecule has 0 N–H and O–H groups in total. The Balaban J connectivity index is 2.03. The zero-order valence-electron chi connectivity index (χ0n) is 12.7. The maximum atomic E-state index is 11.9. The number of cyclic esters (lactones) is 1. The molecule has 0 aliphatic carbocycles. The Kier molecular flexibility index (Phi) is 3.69. The van der Waals surface area contributed by atoms with Gasteiger partial charge in [0.05, 0.1) is 10.6 Å². The van der Waals surface area contributed by atoms with Crippen molar-refractivity contribution >= 4 is 33.5 Å². The predicted molar refractivity (Wildman–Crippen MR) is 88.7 cm³/mol. The van der Waals surface area contributed by atoms with Crippen LogP contribution in [0.3, 0.4) is 0 Å². The van der Waals surface area contributed by atoms with Gasteiger partial charge in [0.1, 0.15) is 5.76 Å². The normalized spacial score (nSPS) is 16.2. The molecule has 5 nitrogen and oxygen atoms in total. The number of sulfone groups is 1. The van der Waals surface area contributed by atoms with Gasteiger partial charge in [-0.15, -0.1) is 0 Å². The summed E-state index contributed by atoms with van der Waals surface area (Å²) in [7, 11) is -1.58. The van der Waals surface area contributed by atoms with E-state index in [1.165, 1.54) is 17.0 Å². The van der Waals surface area contributed by atoms with Gasteiger partial charge >= 0.3 is 6.09 Å². The van der Waals surface area contributed by atoms with E-state index >= 15 is 0 Å². The average Bonchev–Trinajstić information content (AvgIpc) is 2.52. The van der Waals surface area contributed by atoms with E-state index in [0.717, 1.165) is 23.1 Å². The van der Waals surface area contributed by atoms with Gasteiger partial charge in [-0.1, -0.05) is 24.3 Å². The standard InChI is InChI=1S/C17H15NO4S/c1-18-15-6-4-3-5-14(15)16(22-17(18)19)11-12-7-9-13(10-8-12)23(2,20)21/h3-11H,1-2H3/b16-11-. The van der Waals surface area contributed by atoms with Crippen molar-refractivity contribution < 1.29 is 17.9 Å². The van der Waals surface area contributed by atoms with Crippen molar-refractivity contribution in [1.82, 2.24) is 0 Å². The zero-order chi connectivity index (χ0) is 16.6. The van der Waals surface area contributed by atoms with Crippen molar-refractivity contribution in [3.8, 4) is 0 Å². The van der Waals surface area contributed by atoms with Crippen LogP contribution in [0.1, 0.15) is 11.1 Å². The van der Waals surface area contributed by atoms with Crippen molar-refractivity contribution in [2.75, 3.05) is 18.2 Å². The molecule has 23 heavy (non-hydrogen) atoms. The Morgan fingerprint density at radius 3 is 2.35 bits per heavy atom. The number of carbonyl (C=O) groups excluding carboxylic acids is 1. The fourth-order valence-electron chi connectivity index (χ4n) is 2.36. The van der Waals surface area contributed by atoms with E-state index in [1.54, 1.807) is 25.3 Å². The molecule has 0 bridgehead atoms. The van der Waals surface area contributed by atoms with Crippen LogP contribution >= 0.6 is 0 Å². The Labute approximate surface area is 134 Å². The summed E-state index contributed by atoms with van der Waals surface area (Å²) in [6.45, 7) is 0. The van der Waals surface area contributed by atoms with Gasteiger partial charge in [-0.25, -0.2) is 13.2 Å². The smallest absolute Gasteiger partial charge is 0.409 e. The molecule has 0 saturated heterocycles. The maximum absolute atomic E-state index is 11.9. The van der Waals surface area contributed by atoms with Crippen LogP contribution in [0.15, 0.2) is 53.4 Å². The van der Waals surface area contributed by atoms with Gasteiger partial charge in [0.25, 0.3) is 0 Å². The number of amides is 1. The van der Waals surface area contributed by atoms with E-state index in [4.69, 9.17) is 4.74 Å². The van der Waals surface area contributed by atoms with Gasteiger partial charge < -0.3 is 4.74 Å². The molecule has 0 aromatic heterocycles. The van der Waals surface area contributed by atoms with E-state index in [1.807, 2.05) is 24.3 Å². The lowest BCUT2D eigenvalue weighted by Crippen LogP contribution is -2.31. The first kappa shape index (κ1) is 15.3. The number of fused-ring (bicyclic) bond motifs is 1. The minimum Gasteiger partial charge on any atom is -0.409 e. The van der Waals surface area contributed by atoms with Gasteiger partial charge in [0, 0.05) is 18.9 Å². The SMILES string of the molecule is CN1C(=O)O/C(=C\c2ccc(S(C)(=O)=O)cc2)c2ccccc21. The molecule has 0 atom stereocenters. The van der Waals surface area contributed by atoms with Gasteiger partial charge in [-0.05, 0) is 35.9 Å². The van der Waals surface area contributed by atoms with Crippen molar-refractivity contribution in [2.45, 2.75) is 4.90 Å². The van der Waals surface area contributed by atoms with Crippen LogP contribution in [0, 0.1) is 0 Å². The summed E-state index contributed by atoms with van der Waals surface area (Å²) >= 11 is 0. The summed E-state index contributed by atoms with van der Waals surface area (Å²) in [5, 5.41) is 0. The molecule has 2 aromatic rings. The fraction of sp³-hybridized carbons (Fsp3) is 0.118. The molecule has 1 aliphatic rings. The Bertz CT molecular complexity index is 898. The van der Waals surface area contributed by atoms with Crippen LogP contribution in [0.4, 0.5) is 10.5 Å². The quantitative estimate of drug-likeness (QED) is 0.849. The van der Waals surface area contributed by atoms with Crippen LogP contribution in [0.5, 0.6) is 0 Å². The molecule has 0 fully saturated rings. The topological polar surface area (TPSA) is 63.7 Å². The van der Waals surface area contributed by atoms with Crippen molar-refractivity contribution in [2.24, 2.45) is 0 Å². The number of para-hydroxylation sites is 1. The molecule has 1 amide bonds. The minimum absolute atomic E-state index is 0.250. The third kappa shape index (κ3) is 2.98. The van der Waals surface area contributed by atoms with Gasteiger partial charge in [0.15, 0.2) is 9.84 Å². The van der Waals surface area contributed by atoms with Gasteiger partial charge in [-0.2, -0.15) is 0 Å². The number of rotatable bonds is 2. The Morgan fingerprint density at radius 2 is 1.70 bits per heavy atom. The van der Waals surface area contributed by atoms with E-state index in [9.17, 15) is 13.2 Å². The summed E-state index contributed by atoms with van der Waals surface area (Å²) < 4.78 is 28.3. The third-order valence-corrected chi connectivity index (χ3v) is 4.74. The van der Waals surface area contributed by atoms with Crippen LogP contribution < -0.4 is 4.90 Å². The summed E-state index contributed by atoms with van der Waals surface area (Å²) in [5.74, 6) is 0.441. The zero-order valence-corrected chi connectivity index (χ0v) is 13.5. The highest BCUT2D eigenvalue weighted by Gasteiger charge is 2.25. The van der Waals surface area contributed by atoms with E-state index in [-0.39, 0.29) is 4.90 Å². The second-order valence-corrected chi connectivity index (χ2v) is 7.31. The number of nitrogens with zero attached hydrogens (tertiary/aromatic N) is 1. The van der Waals surface area contributed by atoms with Crippen LogP contribution in [0.25, 0.3) is 11.8 Å². The Morgan fingerprint density at radius 1 is 1.04 bits per heavy atom. The number of carbonyl (C=O) groups is 1. The number of hydrogen-bond donors (Lipinski definition) is 0. The second-order valence-electron chi connectivity index (χ2n) is 5.29.